The quantitative estimate of drug-likeness (QED) is 0.787. The van der Waals surface area contributed by atoms with Crippen LogP contribution in [0.1, 0.15) is 2.74 Å². The van der Waals surface area contributed by atoms with Gasteiger partial charge in [0.25, 0.3) is 6.43 Å². The van der Waals surface area contributed by atoms with Crippen LogP contribution >= 0.6 is 15.9 Å². The fraction of sp³-hybridized carbons (Fsp3) is 0.250. The van der Waals surface area contributed by atoms with Gasteiger partial charge in [0, 0.05) is 4.47 Å². The number of benzene rings is 1. The molecule has 0 amide bonds. The van der Waals surface area contributed by atoms with Crippen LogP contribution in [0, 0.1) is 0 Å². The van der Waals surface area contributed by atoms with Crippen LogP contribution < -0.4 is 4.74 Å². The number of alkyl halides is 2. The first-order chi connectivity index (χ1) is 6.42. The van der Waals surface area contributed by atoms with Crippen LogP contribution in [0.5, 0.6) is 5.75 Å². The van der Waals surface area contributed by atoms with Gasteiger partial charge in [0.05, 0.1) is 2.74 Å². The van der Waals surface area contributed by atoms with Gasteiger partial charge in [-0.1, -0.05) is 22.0 Å². The minimum absolute atomic E-state index is 0.0599. The Morgan fingerprint density at radius 2 is 2.33 bits per heavy atom. The molecule has 1 rings (SSSR count). The monoisotopic (exact) mass is 238 g/mol. The molecule has 1 aromatic carbocycles. The highest BCUT2D eigenvalue weighted by atomic mass is 79.9. The van der Waals surface area contributed by atoms with Crippen molar-refractivity contribution in [1.29, 1.82) is 0 Å². The van der Waals surface area contributed by atoms with Crippen molar-refractivity contribution in [2.45, 2.75) is 6.43 Å². The highest BCUT2D eigenvalue weighted by molar-refractivity contribution is 9.10. The predicted molar refractivity (Wildman–Crippen MR) is 45.6 cm³/mol. The summed E-state index contributed by atoms with van der Waals surface area (Å²) in [5.41, 5.74) is 0. The molecule has 12 heavy (non-hydrogen) atoms. The second kappa shape index (κ2) is 4.40. The van der Waals surface area contributed by atoms with E-state index in [-0.39, 0.29) is 5.75 Å². The van der Waals surface area contributed by atoms with E-state index in [0.717, 1.165) is 0 Å². The van der Waals surface area contributed by atoms with Crippen molar-refractivity contribution in [2.75, 3.05) is 6.56 Å². The second-order valence-corrected chi connectivity index (χ2v) is 2.89. The first-order valence-corrected chi connectivity index (χ1v) is 3.94. The molecule has 4 heteroatoms. The topological polar surface area (TPSA) is 9.23 Å². The van der Waals surface area contributed by atoms with E-state index in [9.17, 15) is 8.78 Å². The summed E-state index contributed by atoms with van der Waals surface area (Å²) in [7, 11) is 0. The largest absolute Gasteiger partial charge is 0.488 e. The lowest BCUT2D eigenvalue weighted by molar-refractivity contribution is 0.0819. The lowest BCUT2D eigenvalue weighted by atomic mass is 10.3. The molecule has 0 aliphatic carbocycles. The van der Waals surface area contributed by atoms with Gasteiger partial charge in [0.15, 0.2) is 0 Å². The molecule has 0 saturated heterocycles. The van der Waals surface area contributed by atoms with E-state index >= 15 is 0 Å². The van der Waals surface area contributed by atoms with Crippen molar-refractivity contribution >= 4 is 15.9 Å². The van der Waals surface area contributed by atoms with Crippen molar-refractivity contribution in [3.63, 3.8) is 0 Å². The summed E-state index contributed by atoms with van der Waals surface area (Å²) in [6, 6.07) is 6.08. The van der Waals surface area contributed by atoms with Gasteiger partial charge < -0.3 is 4.74 Å². The smallest absolute Gasteiger partial charge is 0.272 e. The predicted octanol–water partition coefficient (Wildman–Crippen LogP) is 3.09. The van der Waals surface area contributed by atoms with Gasteiger partial charge >= 0.3 is 0 Å². The average molecular weight is 239 g/mol. The van der Waals surface area contributed by atoms with Crippen molar-refractivity contribution in [3.05, 3.63) is 28.7 Å². The molecule has 0 heterocycles. The van der Waals surface area contributed by atoms with Gasteiger partial charge in [-0.15, -0.1) is 0 Å². The number of hydrogen-bond acceptors (Lipinski definition) is 1. The van der Waals surface area contributed by atoms with E-state index in [0.29, 0.717) is 4.47 Å². The summed E-state index contributed by atoms with van der Waals surface area (Å²) in [6.07, 6.45) is -3.18. The van der Waals surface area contributed by atoms with Crippen LogP contribution in [-0.4, -0.2) is 13.0 Å². The second-order valence-electron chi connectivity index (χ2n) is 1.98. The van der Waals surface area contributed by atoms with E-state index in [4.69, 9.17) is 2.74 Å². The van der Waals surface area contributed by atoms with Crippen molar-refractivity contribution < 1.29 is 16.3 Å². The third kappa shape index (κ3) is 3.17. The van der Waals surface area contributed by atoms with E-state index in [1.165, 1.54) is 12.1 Å². The molecule has 0 aromatic heterocycles. The third-order valence-electron chi connectivity index (χ3n) is 1.06. The molecule has 0 N–H and O–H groups in total. The first kappa shape index (κ1) is 6.83. The third-order valence-corrected chi connectivity index (χ3v) is 1.56. The summed E-state index contributed by atoms with van der Waals surface area (Å²) in [6.45, 7) is -2.96. The molecule has 0 fully saturated rings. The lowest BCUT2D eigenvalue weighted by Crippen LogP contribution is -2.06. The molecule has 0 aliphatic rings. The summed E-state index contributed by atoms with van der Waals surface area (Å²) in [5.74, 6) is 0.0599. The zero-order valence-electron chi connectivity index (χ0n) is 7.93. The van der Waals surface area contributed by atoms with Crippen LogP contribution in [-0.2, 0) is 0 Å². The molecule has 0 atom stereocenters. The van der Waals surface area contributed by atoms with Gasteiger partial charge in [-0.25, -0.2) is 8.78 Å². The number of rotatable bonds is 3. The molecule has 0 aliphatic heterocycles. The van der Waals surface area contributed by atoms with Gasteiger partial charge in [-0.2, -0.15) is 0 Å². The summed E-state index contributed by atoms with van der Waals surface area (Å²) >= 11 is 3.12. The summed E-state index contributed by atoms with van der Waals surface area (Å²) in [5, 5.41) is 0. The van der Waals surface area contributed by atoms with Crippen LogP contribution in [0.4, 0.5) is 8.78 Å². The van der Waals surface area contributed by atoms with Crippen molar-refractivity contribution in [1.82, 2.24) is 0 Å². The minimum atomic E-state index is -3.18. The Kier molecular flexibility index (Phi) is 2.51. The maximum absolute atomic E-state index is 12.1. The van der Waals surface area contributed by atoms with Crippen LogP contribution in [0.25, 0.3) is 0 Å². The fourth-order valence-electron chi connectivity index (χ4n) is 0.643. The molecule has 0 saturated carbocycles. The van der Waals surface area contributed by atoms with E-state index in [1.54, 1.807) is 12.1 Å². The molecule has 0 bridgehead atoms. The van der Waals surface area contributed by atoms with E-state index < -0.39 is 13.0 Å². The number of hydrogen-bond donors (Lipinski definition) is 0. The Bertz CT molecular complexity index is 320. The lowest BCUT2D eigenvalue weighted by Gasteiger charge is -2.04. The molecule has 0 unspecified atom stereocenters. The maximum atomic E-state index is 12.1. The molecule has 0 spiro atoms. The Morgan fingerprint density at radius 1 is 1.58 bits per heavy atom. The van der Waals surface area contributed by atoms with E-state index in [2.05, 4.69) is 20.7 Å². The molecule has 66 valence electrons. The van der Waals surface area contributed by atoms with Gasteiger partial charge in [-0.3, -0.25) is 0 Å². The zero-order chi connectivity index (χ0) is 10.8. The molecular weight excluding hydrogens is 230 g/mol. The minimum Gasteiger partial charge on any atom is -0.488 e. The number of ether oxygens (including phenoxy) is 1. The maximum Gasteiger partial charge on any atom is 0.272 e. The van der Waals surface area contributed by atoms with Gasteiger partial charge in [0.2, 0.25) is 0 Å². The SMILES string of the molecule is [2H]C([2H])(Oc1cccc(Br)c1)C(F)F. The zero-order valence-corrected chi connectivity index (χ0v) is 7.51. The Morgan fingerprint density at radius 3 is 2.92 bits per heavy atom. The first-order valence-electron chi connectivity index (χ1n) is 4.14. The highest BCUT2D eigenvalue weighted by Crippen LogP contribution is 2.17. The van der Waals surface area contributed by atoms with Crippen molar-refractivity contribution in [3.8, 4) is 5.75 Å². The van der Waals surface area contributed by atoms with Gasteiger partial charge in [-0.05, 0) is 18.2 Å². The molecule has 1 aromatic rings. The molecule has 0 radical (unpaired) electrons. The standard InChI is InChI=1S/C8H7BrF2O/c9-6-2-1-3-7(4-6)12-5-8(10)11/h1-4,8H,5H2/i5D2. The van der Waals surface area contributed by atoms with Crippen molar-refractivity contribution in [2.24, 2.45) is 0 Å². The molecule has 1 nitrogen and oxygen atoms in total. The Balaban J connectivity index is 2.78. The molecular formula is C8H7BrF2O. The highest BCUT2D eigenvalue weighted by Gasteiger charge is 2.02. The normalized spacial score (nSPS) is 14.0. The fourth-order valence-corrected chi connectivity index (χ4v) is 1.02. The van der Waals surface area contributed by atoms with Crippen LogP contribution in [0.3, 0.4) is 0 Å². The summed E-state index contributed by atoms with van der Waals surface area (Å²) < 4.78 is 43.0. The summed E-state index contributed by atoms with van der Waals surface area (Å²) in [4.78, 5) is 0. The number of halogens is 3. The average Bonchev–Trinajstić information content (AvgIpc) is 2.02. The van der Waals surface area contributed by atoms with E-state index in [1.807, 2.05) is 0 Å². The van der Waals surface area contributed by atoms with Gasteiger partial charge in [0.1, 0.15) is 12.3 Å². The van der Waals surface area contributed by atoms with Crippen LogP contribution in [0.15, 0.2) is 28.7 Å². The Labute approximate surface area is 80.3 Å². The van der Waals surface area contributed by atoms with Crippen LogP contribution in [0.2, 0.25) is 0 Å². The Hall–Kier alpha value is -0.640.